The summed E-state index contributed by atoms with van der Waals surface area (Å²) in [7, 11) is 0. The predicted molar refractivity (Wildman–Crippen MR) is 66.1 cm³/mol. The summed E-state index contributed by atoms with van der Waals surface area (Å²) in [4.78, 5) is 11.3. The molecule has 0 unspecified atom stereocenters. The Balaban J connectivity index is 1.96. The van der Waals surface area contributed by atoms with Crippen LogP contribution in [-0.4, -0.2) is 5.97 Å². The first kappa shape index (κ1) is 11.3. The van der Waals surface area contributed by atoms with Crippen molar-refractivity contribution in [1.82, 2.24) is 0 Å². The van der Waals surface area contributed by atoms with E-state index in [1.165, 1.54) is 38.2 Å². The van der Waals surface area contributed by atoms with Gasteiger partial charge in [0.15, 0.2) is 0 Å². The lowest BCUT2D eigenvalue weighted by atomic mass is 9.77. The number of rotatable bonds is 1. The SMILES string of the molecule is CC(=O)OC1=C2CCCC[C@@H]2C[C@@H]2[C@H]1C2(C)C. The fraction of sp³-hybridized carbons (Fsp3) is 0.800. The van der Waals surface area contributed by atoms with Crippen LogP contribution >= 0.6 is 0 Å². The minimum atomic E-state index is -0.139. The van der Waals surface area contributed by atoms with Crippen molar-refractivity contribution >= 4 is 5.97 Å². The molecular formula is C15H22O2. The van der Waals surface area contributed by atoms with Gasteiger partial charge in [-0.05, 0) is 48.5 Å². The van der Waals surface area contributed by atoms with E-state index in [-0.39, 0.29) is 5.97 Å². The summed E-state index contributed by atoms with van der Waals surface area (Å²) in [5.41, 5.74) is 1.84. The Hall–Kier alpha value is -0.790. The number of ether oxygens (including phenoxy) is 1. The molecule has 0 aromatic carbocycles. The lowest BCUT2D eigenvalue weighted by Crippen LogP contribution is -2.20. The zero-order chi connectivity index (χ0) is 12.2. The van der Waals surface area contributed by atoms with E-state index in [1.807, 2.05) is 0 Å². The molecule has 0 radical (unpaired) electrons. The molecule has 3 rings (SSSR count). The van der Waals surface area contributed by atoms with Gasteiger partial charge >= 0.3 is 5.97 Å². The summed E-state index contributed by atoms with van der Waals surface area (Å²) in [6, 6.07) is 0. The fourth-order valence-electron chi connectivity index (χ4n) is 4.16. The van der Waals surface area contributed by atoms with E-state index in [2.05, 4.69) is 13.8 Å². The van der Waals surface area contributed by atoms with Gasteiger partial charge in [0.05, 0.1) is 0 Å². The zero-order valence-corrected chi connectivity index (χ0v) is 11.1. The van der Waals surface area contributed by atoms with Gasteiger partial charge in [-0.3, -0.25) is 4.79 Å². The number of allylic oxidation sites excluding steroid dienone is 2. The maximum absolute atomic E-state index is 11.3. The van der Waals surface area contributed by atoms with E-state index in [9.17, 15) is 4.79 Å². The summed E-state index contributed by atoms with van der Waals surface area (Å²) in [6.45, 7) is 6.18. The molecule has 17 heavy (non-hydrogen) atoms. The minimum Gasteiger partial charge on any atom is -0.431 e. The molecular weight excluding hydrogens is 212 g/mol. The molecule has 3 aliphatic rings. The van der Waals surface area contributed by atoms with Crippen molar-refractivity contribution < 1.29 is 9.53 Å². The highest BCUT2D eigenvalue weighted by molar-refractivity contribution is 5.68. The Morgan fingerprint density at radius 3 is 2.82 bits per heavy atom. The van der Waals surface area contributed by atoms with Crippen LogP contribution in [0.25, 0.3) is 0 Å². The number of fused-ring (bicyclic) bond motifs is 2. The molecule has 0 N–H and O–H groups in total. The van der Waals surface area contributed by atoms with Crippen molar-refractivity contribution in [3.8, 4) is 0 Å². The van der Waals surface area contributed by atoms with E-state index in [1.54, 1.807) is 0 Å². The van der Waals surface area contributed by atoms with Crippen molar-refractivity contribution in [1.29, 1.82) is 0 Å². The molecule has 0 bridgehead atoms. The largest absolute Gasteiger partial charge is 0.431 e. The monoisotopic (exact) mass is 234 g/mol. The molecule has 94 valence electrons. The van der Waals surface area contributed by atoms with Crippen LogP contribution in [0.2, 0.25) is 0 Å². The van der Waals surface area contributed by atoms with Crippen molar-refractivity contribution in [3.63, 3.8) is 0 Å². The molecule has 2 saturated carbocycles. The van der Waals surface area contributed by atoms with E-state index < -0.39 is 0 Å². The second-order valence-electron chi connectivity index (χ2n) is 6.57. The van der Waals surface area contributed by atoms with Crippen LogP contribution in [0.3, 0.4) is 0 Å². The summed E-state index contributed by atoms with van der Waals surface area (Å²) in [5.74, 6) is 2.92. The molecule has 2 fully saturated rings. The van der Waals surface area contributed by atoms with Crippen LogP contribution in [0.1, 0.15) is 52.9 Å². The fourth-order valence-corrected chi connectivity index (χ4v) is 4.16. The second kappa shape index (κ2) is 3.60. The van der Waals surface area contributed by atoms with Crippen molar-refractivity contribution in [2.45, 2.75) is 52.9 Å². The number of carbonyl (C=O) groups excluding carboxylic acids is 1. The average Bonchev–Trinajstić information content (AvgIpc) is 2.80. The Morgan fingerprint density at radius 1 is 1.35 bits per heavy atom. The summed E-state index contributed by atoms with van der Waals surface area (Å²) < 4.78 is 5.59. The minimum absolute atomic E-state index is 0.139. The van der Waals surface area contributed by atoms with E-state index in [4.69, 9.17) is 4.74 Å². The van der Waals surface area contributed by atoms with Gasteiger partial charge < -0.3 is 4.74 Å². The molecule has 2 heteroatoms. The first-order valence-electron chi connectivity index (χ1n) is 6.93. The normalized spacial score (nSPS) is 38.2. The maximum atomic E-state index is 11.3. The summed E-state index contributed by atoms with van der Waals surface area (Å²) in [6.07, 6.45) is 6.41. The van der Waals surface area contributed by atoms with Gasteiger partial charge in [-0.25, -0.2) is 0 Å². The third-order valence-electron chi connectivity index (χ3n) is 5.18. The summed E-state index contributed by atoms with van der Waals surface area (Å²) in [5, 5.41) is 0. The molecule has 3 atom stereocenters. The molecule has 2 nitrogen and oxygen atoms in total. The number of carbonyl (C=O) groups is 1. The van der Waals surface area contributed by atoms with Gasteiger partial charge in [0, 0.05) is 12.8 Å². The van der Waals surface area contributed by atoms with Crippen LogP contribution in [0.4, 0.5) is 0 Å². The Bertz CT molecular complexity index is 392. The topological polar surface area (TPSA) is 26.3 Å². The molecule has 0 aromatic rings. The van der Waals surface area contributed by atoms with Gasteiger partial charge in [0.1, 0.15) is 5.76 Å². The van der Waals surface area contributed by atoms with E-state index in [0.29, 0.717) is 17.3 Å². The van der Waals surface area contributed by atoms with Gasteiger partial charge in [-0.15, -0.1) is 0 Å². The third kappa shape index (κ3) is 1.64. The van der Waals surface area contributed by atoms with Gasteiger partial charge in [-0.1, -0.05) is 20.3 Å². The highest BCUT2D eigenvalue weighted by atomic mass is 16.5. The van der Waals surface area contributed by atoms with Crippen molar-refractivity contribution in [3.05, 3.63) is 11.3 Å². The number of esters is 1. The summed E-state index contributed by atoms with van der Waals surface area (Å²) >= 11 is 0. The number of hydrogen-bond acceptors (Lipinski definition) is 2. The van der Waals surface area contributed by atoms with Gasteiger partial charge in [-0.2, -0.15) is 0 Å². The maximum Gasteiger partial charge on any atom is 0.307 e. The predicted octanol–water partition coefficient (Wildman–Crippen LogP) is 3.67. The zero-order valence-electron chi connectivity index (χ0n) is 11.1. The first-order chi connectivity index (χ1) is 8.01. The van der Waals surface area contributed by atoms with Crippen LogP contribution in [0.15, 0.2) is 11.3 Å². The van der Waals surface area contributed by atoms with Gasteiger partial charge in [0.25, 0.3) is 0 Å². The highest BCUT2D eigenvalue weighted by Gasteiger charge is 2.63. The van der Waals surface area contributed by atoms with Crippen molar-refractivity contribution in [2.75, 3.05) is 0 Å². The lowest BCUT2D eigenvalue weighted by Gasteiger charge is -2.31. The van der Waals surface area contributed by atoms with Crippen molar-refractivity contribution in [2.24, 2.45) is 23.2 Å². The lowest BCUT2D eigenvalue weighted by molar-refractivity contribution is -0.137. The second-order valence-corrected chi connectivity index (χ2v) is 6.57. The molecule has 0 amide bonds. The average molecular weight is 234 g/mol. The molecule has 0 heterocycles. The van der Waals surface area contributed by atoms with Crippen LogP contribution in [-0.2, 0) is 9.53 Å². The smallest absolute Gasteiger partial charge is 0.307 e. The molecule has 3 aliphatic carbocycles. The Morgan fingerprint density at radius 2 is 2.12 bits per heavy atom. The Kier molecular flexibility index (Phi) is 2.39. The Labute approximate surface area is 103 Å². The highest BCUT2D eigenvalue weighted by Crippen LogP contribution is 2.68. The molecule has 0 saturated heterocycles. The molecule has 0 aliphatic heterocycles. The van der Waals surface area contributed by atoms with Crippen LogP contribution in [0, 0.1) is 23.2 Å². The number of hydrogen-bond donors (Lipinski definition) is 0. The van der Waals surface area contributed by atoms with E-state index in [0.717, 1.165) is 18.1 Å². The van der Waals surface area contributed by atoms with Crippen LogP contribution in [0.5, 0.6) is 0 Å². The quantitative estimate of drug-likeness (QED) is 0.647. The van der Waals surface area contributed by atoms with Crippen LogP contribution < -0.4 is 0 Å². The molecule has 0 spiro atoms. The first-order valence-corrected chi connectivity index (χ1v) is 6.93. The van der Waals surface area contributed by atoms with Gasteiger partial charge in [0.2, 0.25) is 0 Å². The third-order valence-corrected chi connectivity index (χ3v) is 5.18. The van der Waals surface area contributed by atoms with E-state index >= 15 is 0 Å². The molecule has 0 aromatic heterocycles. The standard InChI is InChI=1S/C15H22O2/c1-9(16)17-14-11-7-5-4-6-10(11)8-12-13(14)15(12,2)3/h10,12-13H,4-8H2,1-3H3/t10-,12-,13-/m1/s1.